The zero-order chi connectivity index (χ0) is 15.6. The van der Waals surface area contributed by atoms with E-state index < -0.39 is 36.1 Å². The van der Waals surface area contributed by atoms with Crippen LogP contribution in [0.5, 0.6) is 0 Å². The van der Waals surface area contributed by atoms with Gasteiger partial charge in [-0.1, -0.05) is 0 Å². The molecular weight excluding hydrogens is 277 g/mol. The van der Waals surface area contributed by atoms with Crippen molar-refractivity contribution in [2.45, 2.75) is 38.9 Å². The van der Waals surface area contributed by atoms with Gasteiger partial charge in [-0.15, -0.1) is 0 Å². The Hall–Kier alpha value is -1.31. The molecule has 0 spiro atoms. The van der Waals surface area contributed by atoms with Crippen molar-refractivity contribution in [3.05, 3.63) is 0 Å². The molecule has 1 heterocycles. The number of hydrogen-bond acceptors (Lipinski definition) is 3. The summed E-state index contributed by atoms with van der Waals surface area (Å²) in [5.41, 5.74) is -2.43. The Morgan fingerprint density at radius 2 is 2.05 bits per heavy atom. The average molecular weight is 296 g/mol. The van der Waals surface area contributed by atoms with Crippen LogP contribution in [-0.2, 0) is 9.59 Å². The van der Waals surface area contributed by atoms with E-state index in [9.17, 15) is 22.8 Å². The average Bonchev–Trinajstić information content (AvgIpc) is 2.77. The van der Waals surface area contributed by atoms with E-state index >= 15 is 0 Å². The lowest BCUT2D eigenvalue weighted by Gasteiger charge is -2.37. The van der Waals surface area contributed by atoms with Crippen molar-refractivity contribution in [3.8, 4) is 0 Å². The van der Waals surface area contributed by atoms with Gasteiger partial charge in [-0.05, 0) is 26.8 Å². The minimum Gasteiger partial charge on any atom is -0.481 e. The topological polar surface area (TPSA) is 69.6 Å². The number of nitrogens with one attached hydrogen (secondary N) is 1. The molecule has 1 amide bonds. The van der Waals surface area contributed by atoms with E-state index in [2.05, 4.69) is 5.32 Å². The van der Waals surface area contributed by atoms with Crippen LogP contribution < -0.4 is 5.32 Å². The van der Waals surface area contributed by atoms with Crippen LogP contribution in [-0.4, -0.2) is 53.7 Å². The monoisotopic (exact) mass is 296 g/mol. The number of alkyl halides is 3. The van der Waals surface area contributed by atoms with Crippen LogP contribution >= 0.6 is 0 Å². The second-order valence-corrected chi connectivity index (χ2v) is 5.04. The number of carboxylic acid groups (broad SMARTS) is 1. The SMILES string of the molecule is CCN(C(=O)C1(C(F)(F)F)CCNC1)C(C)CC(=O)O. The molecule has 0 bridgehead atoms. The maximum atomic E-state index is 13.3. The van der Waals surface area contributed by atoms with E-state index in [0.29, 0.717) is 0 Å². The maximum Gasteiger partial charge on any atom is 0.404 e. The summed E-state index contributed by atoms with van der Waals surface area (Å²) in [6, 6.07) is -0.773. The molecule has 0 radical (unpaired) electrons. The number of amides is 1. The summed E-state index contributed by atoms with van der Waals surface area (Å²) in [6.45, 7) is 2.71. The van der Waals surface area contributed by atoms with Gasteiger partial charge in [-0.25, -0.2) is 0 Å². The lowest BCUT2D eigenvalue weighted by molar-refractivity contribution is -0.222. The maximum absolute atomic E-state index is 13.3. The van der Waals surface area contributed by atoms with Gasteiger partial charge >= 0.3 is 12.1 Å². The van der Waals surface area contributed by atoms with E-state index in [4.69, 9.17) is 5.11 Å². The predicted octanol–water partition coefficient (Wildman–Crippen LogP) is 1.24. The van der Waals surface area contributed by atoms with Crippen molar-refractivity contribution in [2.75, 3.05) is 19.6 Å². The molecule has 0 aromatic rings. The zero-order valence-electron chi connectivity index (χ0n) is 11.5. The molecule has 5 nitrogen and oxygen atoms in total. The van der Waals surface area contributed by atoms with Gasteiger partial charge in [0.15, 0.2) is 5.41 Å². The van der Waals surface area contributed by atoms with Crippen molar-refractivity contribution < 1.29 is 27.9 Å². The molecule has 2 atom stereocenters. The number of carbonyl (C=O) groups is 2. The Bertz CT molecular complexity index is 379. The van der Waals surface area contributed by atoms with Crippen molar-refractivity contribution >= 4 is 11.9 Å². The minimum absolute atomic E-state index is 0.0467. The van der Waals surface area contributed by atoms with Crippen molar-refractivity contribution in [1.82, 2.24) is 10.2 Å². The second-order valence-electron chi connectivity index (χ2n) is 5.04. The number of carboxylic acids is 1. The summed E-state index contributed by atoms with van der Waals surface area (Å²) in [7, 11) is 0. The fourth-order valence-corrected chi connectivity index (χ4v) is 2.53. The van der Waals surface area contributed by atoms with Crippen LogP contribution in [0.25, 0.3) is 0 Å². The first-order valence-corrected chi connectivity index (χ1v) is 6.46. The number of halogens is 3. The predicted molar refractivity (Wildman–Crippen MR) is 65.1 cm³/mol. The first kappa shape index (κ1) is 16.7. The fraction of sp³-hybridized carbons (Fsp3) is 0.833. The van der Waals surface area contributed by atoms with Crippen molar-refractivity contribution in [1.29, 1.82) is 0 Å². The number of rotatable bonds is 5. The Labute approximate surface area is 115 Å². The number of aliphatic carboxylic acids is 1. The molecule has 0 aromatic carbocycles. The van der Waals surface area contributed by atoms with Crippen LogP contribution in [0.4, 0.5) is 13.2 Å². The summed E-state index contributed by atoms with van der Waals surface area (Å²) in [6.07, 6.45) is -5.34. The molecule has 8 heteroatoms. The van der Waals surface area contributed by atoms with Gasteiger partial charge in [-0.2, -0.15) is 13.2 Å². The van der Waals surface area contributed by atoms with E-state index in [1.165, 1.54) is 6.92 Å². The van der Waals surface area contributed by atoms with Crippen LogP contribution in [0, 0.1) is 5.41 Å². The summed E-state index contributed by atoms with van der Waals surface area (Å²) in [4.78, 5) is 24.0. The van der Waals surface area contributed by atoms with Crippen LogP contribution in [0.3, 0.4) is 0 Å². The lowest BCUT2D eigenvalue weighted by atomic mass is 9.84. The largest absolute Gasteiger partial charge is 0.481 e. The highest BCUT2D eigenvalue weighted by Crippen LogP contribution is 2.44. The highest BCUT2D eigenvalue weighted by molar-refractivity contribution is 5.85. The zero-order valence-corrected chi connectivity index (χ0v) is 11.5. The number of hydrogen-bond donors (Lipinski definition) is 2. The van der Waals surface area contributed by atoms with Crippen molar-refractivity contribution in [3.63, 3.8) is 0 Å². The van der Waals surface area contributed by atoms with Crippen LogP contribution in [0.15, 0.2) is 0 Å². The summed E-state index contributed by atoms with van der Waals surface area (Å²) < 4.78 is 39.9. The van der Waals surface area contributed by atoms with Crippen molar-refractivity contribution in [2.24, 2.45) is 5.41 Å². The molecule has 1 aliphatic rings. The molecule has 116 valence electrons. The highest BCUT2D eigenvalue weighted by Gasteiger charge is 2.62. The third-order valence-electron chi connectivity index (χ3n) is 3.71. The molecule has 0 saturated carbocycles. The van der Waals surface area contributed by atoms with Gasteiger partial charge in [-0.3, -0.25) is 9.59 Å². The Morgan fingerprint density at radius 3 is 2.40 bits per heavy atom. The number of nitrogens with zero attached hydrogens (tertiary/aromatic N) is 1. The molecule has 0 aromatic heterocycles. The summed E-state index contributed by atoms with van der Waals surface area (Å²) in [5.74, 6) is -2.18. The second kappa shape index (κ2) is 5.99. The first-order valence-electron chi connectivity index (χ1n) is 6.46. The van der Waals surface area contributed by atoms with E-state index in [1.54, 1.807) is 6.92 Å². The minimum atomic E-state index is -4.65. The normalized spacial score (nSPS) is 24.4. The lowest BCUT2D eigenvalue weighted by Crippen LogP contribution is -2.55. The van der Waals surface area contributed by atoms with Crippen LogP contribution in [0.1, 0.15) is 26.7 Å². The Balaban J connectivity index is 3.01. The van der Waals surface area contributed by atoms with Gasteiger partial charge in [0.1, 0.15) is 0 Å². The third kappa shape index (κ3) is 3.05. The molecule has 2 unspecified atom stereocenters. The number of carbonyl (C=O) groups excluding carboxylic acids is 1. The Kier molecular flexibility index (Phi) is 5.01. The van der Waals surface area contributed by atoms with Gasteiger partial charge in [0.2, 0.25) is 5.91 Å². The highest BCUT2D eigenvalue weighted by atomic mass is 19.4. The van der Waals surface area contributed by atoms with Gasteiger partial charge in [0.05, 0.1) is 6.42 Å². The molecular formula is C12H19F3N2O3. The van der Waals surface area contributed by atoms with E-state index in [1.807, 2.05) is 0 Å². The van der Waals surface area contributed by atoms with E-state index in [0.717, 1.165) is 4.90 Å². The molecule has 2 N–H and O–H groups in total. The van der Waals surface area contributed by atoms with Gasteiger partial charge in [0.25, 0.3) is 0 Å². The quantitative estimate of drug-likeness (QED) is 0.801. The molecule has 20 heavy (non-hydrogen) atoms. The molecule has 1 saturated heterocycles. The summed E-state index contributed by atoms with van der Waals surface area (Å²) >= 11 is 0. The molecule has 1 rings (SSSR count). The van der Waals surface area contributed by atoms with Gasteiger partial charge < -0.3 is 15.3 Å². The Morgan fingerprint density at radius 1 is 1.45 bits per heavy atom. The van der Waals surface area contributed by atoms with Gasteiger partial charge in [0, 0.05) is 19.1 Å². The molecule has 1 fully saturated rings. The fourth-order valence-electron chi connectivity index (χ4n) is 2.53. The van der Waals surface area contributed by atoms with Crippen LogP contribution in [0.2, 0.25) is 0 Å². The summed E-state index contributed by atoms with van der Waals surface area (Å²) in [5, 5.41) is 11.3. The molecule has 0 aliphatic carbocycles. The third-order valence-corrected chi connectivity index (χ3v) is 3.71. The van der Waals surface area contributed by atoms with E-state index in [-0.39, 0.29) is 25.9 Å². The standard InChI is InChI=1S/C12H19F3N2O3/c1-3-17(8(2)6-9(18)19)10(20)11(12(13,14)15)4-5-16-7-11/h8,16H,3-7H2,1-2H3,(H,18,19). The first-order chi connectivity index (χ1) is 9.15. The smallest absolute Gasteiger partial charge is 0.404 e. The molecule has 1 aliphatic heterocycles.